The van der Waals surface area contributed by atoms with E-state index in [4.69, 9.17) is 0 Å². The maximum absolute atomic E-state index is 13.3. The van der Waals surface area contributed by atoms with Gasteiger partial charge in [0.25, 0.3) is 0 Å². The fraction of sp³-hybridized carbons (Fsp3) is 0.769. The number of rotatable bonds is 3. The van der Waals surface area contributed by atoms with E-state index in [1.165, 1.54) is 0 Å². The van der Waals surface area contributed by atoms with Gasteiger partial charge in [-0.25, -0.2) is 0 Å². The van der Waals surface area contributed by atoms with E-state index in [-0.39, 0.29) is 0 Å². The summed E-state index contributed by atoms with van der Waals surface area (Å²) in [5.74, 6) is -4.67. The van der Waals surface area contributed by atoms with Crippen LogP contribution in [-0.2, 0) is 4.79 Å². The SMILES string of the molecule is CCC(C)C1(C(=O)O)C2C=CC(C2)C1C(F)(F)F. The molecule has 1 fully saturated rings. The standard InChI is InChI=1S/C13H17F3O2/c1-3-7(2)12(11(17)18)9-5-4-8(6-9)10(12)13(14,15)16/h4-5,7-10H,3,6H2,1-2H3,(H,17,18). The van der Waals surface area contributed by atoms with Crippen LogP contribution in [0.15, 0.2) is 12.2 Å². The van der Waals surface area contributed by atoms with Crippen LogP contribution in [0.4, 0.5) is 13.2 Å². The molecule has 5 atom stereocenters. The Labute approximate surface area is 104 Å². The zero-order valence-electron chi connectivity index (χ0n) is 10.4. The van der Waals surface area contributed by atoms with Gasteiger partial charge in [-0.15, -0.1) is 0 Å². The highest BCUT2D eigenvalue weighted by molar-refractivity contribution is 5.78. The van der Waals surface area contributed by atoms with Crippen molar-refractivity contribution in [1.29, 1.82) is 0 Å². The topological polar surface area (TPSA) is 37.3 Å². The molecule has 5 heteroatoms. The Morgan fingerprint density at radius 3 is 2.56 bits per heavy atom. The van der Waals surface area contributed by atoms with Crippen molar-refractivity contribution < 1.29 is 23.1 Å². The zero-order valence-corrected chi connectivity index (χ0v) is 10.4. The first-order chi connectivity index (χ1) is 8.26. The predicted octanol–water partition coefficient (Wildman–Crippen LogP) is 3.49. The normalized spacial score (nSPS) is 40.2. The van der Waals surface area contributed by atoms with Crippen LogP contribution >= 0.6 is 0 Å². The summed E-state index contributed by atoms with van der Waals surface area (Å²) in [6.07, 6.45) is -0.470. The van der Waals surface area contributed by atoms with Crippen LogP contribution in [0.3, 0.4) is 0 Å². The van der Waals surface area contributed by atoms with Gasteiger partial charge in [-0.3, -0.25) is 4.79 Å². The number of alkyl halides is 3. The van der Waals surface area contributed by atoms with Gasteiger partial charge in [0.2, 0.25) is 0 Å². The third-order valence-electron chi connectivity index (χ3n) is 4.82. The maximum Gasteiger partial charge on any atom is 0.393 e. The van der Waals surface area contributed by atoms with Crippen molar-refractivity contribution in [3.63, 3.8) is 0 Å². The van der Waals surface area contributed by atoms with Gasteiger partial charge < -0.3 is 5.11 Å². The summed E-state index contributed by atoms with van der Waals surface area (Å²) in [6.45, 7) is 3.37. The van der Waals surface area contributed by atoms with Gasteiger partial charge in [0, 0.05) is 0 Å². The molecule has 5 unspecified atom stereocenters. The summed E-state index contributed by atoms with van der Waals surface area (Å²) in [6, 6.07) is 0. The van der Waals surface area contributed by atoms with Crippen LogP contribution in [0.2, 0.25) is 0 Å². The van der Waals surface area contributed by atoms with E-state index in [1.807, 2.05) is 0 Å². The monoisotopic (exact) mass is 262 g/mol. The minimum absolute atomic E-state index is 0.320. The Hall–Kier alpha value is -1.00. The van der Waals surface area contributed by atoms with Crippen molar-refractivity contribution in [2.45, 2.75) is 32.9 Å². The van der Waals surface area contributed by atoms with Crippen molar-refractivity contribution >= 4 is 5.97 Å². The fourth-order valence-electron chi connectivity index (χ4n) is 3.94. The molecule has 0 amide bonds. The van der Waals surface area contributed by atoms with Crippen molar-refractivity contribution in [1.82, 2.24) is 0 Å². The minimum Gasteiger partial charge on any atom is -0.481 e. The van der Waals surface area contributed by atoms with Crippen LogP contribution in [0.5, 0.6) is 0 Å². The molecule has 0 saturated heterocycles. The highest BCUT2D eigenvalue weighted by atomic mass is 19.4. The lowest BCUT2D eigenvalue weighted by Crippen LogP contribution is -2.52. The van der Waals surface area contributed by atoms with Crippen LogP contribution in [-0.4, -0.2) is 17.3 Å². The zero-order chi connectivity index (χ0) is 13.7. The number of allylic oxidation sites excluding steroid dienone is 2. The summed E-state index contributed by atoms with van der Waals surface area (Å²) >= 11 is 0. The third kappa shape index (κ3) is 1.52. The molecule has 18 heavy (non-hydrogen) atoms. The first kappa shape index (κ1) is 13.4. The summed E-state index contributed by atoms with van der Waals surface area (Å²) in [5.41, 5.74) is -1.67. The third-order valence-corrected chi connectivity index (χ3v) is 4.82. The number of hydrogen-bond donors (Lipinski definition) is 1. The molecule has 2 rings (SSSR count). The molecule has 1 saturated carbocycles. The second kappa shape index (κ2) is 4.00. The highest BCUT2D eigenvalue weighted by Gasteiger charge is 2.70. The van der Waals surface area contributed by atoms with E-state index in [9.17, 15) is 23.1 Å². The van der Waals surface area contributed by atoms with Crippen LogP contribution in [0.25, 0.3) is 0 Å². The van der Waals surface area contributed by atoms with Gasteiger partial charge in [0.05, 0.1) is 11.3 Å². The Bertz CT molecular complexity index is 388. The number of aliphatic carboxylic acids is 1. The molecule has 0 aromatic rings. The molecule has 2 bridgehead atoms. The Morgan fingerprint density at radius 1 is 1.50 bits per heavy atom. The van der Waals surface area contributed by atoms with Gasteiger partial charge in [-0.2, -0.15) is 13.2 Å². The van der Waals surface area contributed by atoms with Crippen molar-refractivity contribution in [2.75, 3.05) is 0 Å². The molecule has 2 nitrogen and oxygen atoms in total. The van der Waals surface area contributed by atoms with Crippen LogP contribution < -0.4 is 0 Å². The molecule has 2 aliphatic carbocycles. The second-order valence-electron chi connectivity index (χ2n) is 5.46. The quantitative estimate of drug-likeness (QED) is 0.790. The minimum atomic E-state index is -4.45. The van der Waals surface area contributed by atoms with Gasteiger partial charge in [-0.1, -0.05) is 32.4 Å². The predicted molar refractivity (Wildman–Crippen MR) is 59.8 cm³/mol. The van der Waals surface area contributed by atoms with E-state index in [0.29, 0.717) is 12.8 Å². The average molecular weight is 262 g/mol. The van der Waals surface area contributed by atoms with E-state index >= 15 is 0 Å². The lowest BCUT2D eigenvalue weighted by molar-refractivity contribution is -0.226. The summed E-state index contributed by atoms with van der Waals surface area (Å²) in [4.78, 5) is 11.6. The van der Waals surface area contributed by atoms with Gasteiger partial charge in [0.1, 0.15) is 0 Å². The molecule has 0 aromatic heterocycles. The second-order valence-corrected chi connectivity index (χ2v) is 5.46. The molecule has 2 aliphatic rings. The number of carbonyl (C=O) groups is 1. The molecule has 0 aliphatic heterocycles. The summed E-state index contributed by atoms with van der Waals surface area (Å²) in [5, 5.41) is 9.49. The maximum atomic E-state index is 13.3. The highest BCUT2D eigenvalue weighted by Crippen LogP contribution is 2.64. The Morgan fingerprint density at radius 2 is 2.11 bits per heavy atom. The van der Waals surface area contributed by atoms with E-state index in [1.54, 1.807) is 26.0 Å². The fourth-order valence-corrected chi connectivity index (χ4v) is 3.94. The van der Waals surface area contributed by atoms with E-state index < -0.39 is 41.2 Å². The molecule has 0 spiro atoms. The van der Waals surface area contributed by atoms with Gasteiger partial charge in [-0.05, 0) is 24.2 Å². The van der Waals surface area contributed by atoms with Gasteiger partial charge in [0.15, 0.2) is 0 Å². The number of halogens is 3. The average Bonchev–Trinajstić information content (AvgIpc) is 2.84. The van der Waals surface area contributed by atoms with Crippen molar-refractivity contribution in [2.24, 2.45) is 29.1 Å². The lowest BCUT2D eigenvalue weighted by Gasteiger charge is -2.43. The van der Waals surface area contributed by atoms with Crippen LogP contribution in [0.1, 0.15) is 26.7 Å². The molecular formula is C13H17F3O2. The molecule has 1 N–H and O–H groups in total. The largest absolute Gasteiger partial charge is 0.481 e. The Kier molecular flexibility index (Phi) is 2.98. The Balaban J connectivity index is 2.56. The molecular weight excluding hydrogens is 245 g/mol. The number of carboxylic acids is 1. The van der Waals surface area contributed by atoms with E-state index in [2.05, 4.69) is 0 Å². The summed E-state index contributed by atoms with van der Waals surface area (Å²) < 4.78 is 39.8. The molecule has 0 aromatic carbocycles. The molecule has 102 valence electrons. The van der Waals surface area contributed by atoms with Crippen molar-refractivity contribution in [3.8, 4) is 0 Å². The molecule has 0 radical (unpaired) electrons. The van der Waals surface area contributed by atoms with Crippen LogP contribution in [0, 0.1) is 29.1 Å². The summed E-state index contributed by atoms with van der Waals surface area (Å²) in [7, 11) is 0. The first-order valence-electron chi connectivity index (χ1n) is 6.24. The van der Waals surface area contributed by atoms with Gasteiger partial charge >= 0.3 is 12.1 Å². The number of hydrogen-bond acceptors (Lipinski definition) is 1. The first-order valence-corrected chi connectivity index (χ1v) is 6.24. The lowest BCUT2D eigenvalue weighted by atomic mass is 9.60. The number of fused-ring (bicyclic) bond motifs is 2. The van der Waals surface area contributed by atoms with Crippen molar-refractivity contribution in [3.05, 3.63) is 12.2 Å². The van der Waals surface area contributed by atoms with E-state index in [0.717, 1.165) is 0 Å². The smallest absolute Gasteiger partial charge is 0.393 e. The number of carboxylic acid groups (broad SMARTS) is 1. The molecule has 0 heterocycles.